The Morgan fingerprint density at radius 1 is 1.30 bits per heavy atom. The van der Waals surface area contributed by atoms with Crippen LogP contribution in [0.1, 0.15) is 11.4 Å². The third kappa shape index (κ3) is 4.92. The summed E-state index contributed by atoms with van der Waals surface area (Å²) in [6.45, 7) is 0.371. The second-order valence-corrected chi connectivity index (χ2v) is 9.18. The van der Waals surface area contributed by atoms with Crippen molar-refractivity contribution in [2.75, 3.05) is 6.26 Å². The van der Waals surface area contributed by atoms with Crippen molar-refractivity contribution < 1.29 is 21.6 Å². The molecule has 0 spiro atoms. The zero-order valence-electron chi connectivity index (χ0n) is 14.4. The maximum Gasteiger partial charge on any atom is 0.408 e. The molecular weight excluding hydrogens is 401 g/mol. The van der Waals surface area contributed by atoms with Gasteiger partial charge in [-0.15, -0.1) is 11.3 Å². The number of sulfone groups is 1. The fraction of sp³-hybridized carbons (Fsp3) is 0.312. The molecule has 0 aliphatic heterocycles. The van der Waals surface area contributed by atoms with Gasteiger partial charge in [-0.3, -0.25) is 9.67 Å². The van der Waals surface area contributed by atoms with E-state index >= 15 is 0 Å². The molecule has 11 heteroatoms. The highest BCUT2D eigenvalue weighted by atomic mass is 32.2. The lowest BCUT2D eigenvalue weighted by Crippen LogP contribution is -2.21. The minimum Gasteiger partial charge on any atom is -0.264 e. The van der Waals surface area contributed by atoms with E-state index in [9.17, 15) is 21.6 Å². The van der Waals surface area contributed by atoms with Gasteiger partial charge in [-0.05, 0) is 25.1 Å². The topological polar surface area (TPSA) is 77.7 Å². The lowest BCUT2D eigenvalue weighted by Gasteiger charge is -2.09. The van der Waals surface area contributed by atoms with Crippen LogP contribution in [0.4, 0.5) is 13.2 Å². The molecule has 0 fully saturated rings. The number of hydrogen-bond donors (Lipinski definition) is 0. The number of pyridine rings is 1. The number of nitrogens with zero attached hydrogens (tertiary/aromatic N) is 4. The number of thiazole rings is 1. The van der Waals surface area contributed by atoms with E-state index in [-0.39, 0.29) is 11.4 Å². The standard InChI is InChI=1S/C16H15F3N4O2S2/c1-10-14(26-15(21-10)11-4-3-5-20-7-11)13-6-12(8-27(2,24)25)23(22-13)9-16(17,18)19/h3-7H,8-9H2,1-2H3. The van der Waals surface area contributed by atoms with Crippen LogP contribution in [0.25, 0.3) is 21.1 Å². The Bertz CT molecular complexity index is 1060. The summed E-state index contributed by atoms with van der Waals surface area (Å²) in [6.07, 6.45) is -0.282. The van der Waals surface area contributed by atoms with Gasteiger partial charge >= 0.3 is 6.18 Å². The molecule has 0 aliphatic carbocycles. The maximum absolute atomic E-state index is 12.8. The van der Waals surface area contributed by atoms with Crippen molar-refractivity contribution in [3.63, 3.8) is 0 Å². The highest BCUT2D eigenvalue weighted by molar-refractivity contribution is 7.89. The molecule has 3 aromatic heterocycles. The Balaban J connectivity index is 2.04. The lowest BCUT2D eigenvalue weighted by atomic mass is 10.3. The molecule has 3 heterocycles. The van der Waals surface area contributed by atoms with E-state index in [1.165, 1.54) is 17.4 Å². The molecule has 0 saturated heterocycles. The SMILES string of the molecule is Cc1nc(-c2cccnc2)sc1-c1cc(CS(C)(=O)=O)n(CC(F)(F)F)n1. The van der Waals surface area contributed by atoms with E-state index in [0.717, 1.165) is 11.8 Å². The third-order valence-electron chi connectivity index (χ3n) is 3.54. The van der Waals surface area contributed by atoms with E-state index in [2.05, 4.69) is 15.1 Å². The van der Waals surface area contributed by atoms with Crippen molar-refractivity contribution in [3.8, 4) is 21.1 Å². The van der Waals surface area contributed by atoms with Gasteiger partial charge in [0.05, 0.1) is 22.0 Å². The molecular formula is C16H15F3N4O2S2. The van der Waals surface area contributed by atoms with E-state index in [1.54, 1.807) is 25.4 Å². The summed E-state index contributed by atoms with van der Waals surface area (Å²) in [6, 6.07) is 4.96. The second-order valence-electron chi connectivity index (χ2n) is 6.04. The molecule has 0 atom stereocenters. The predicted molar refractivity (Wildman–Crippen MR) is 95.9 cm³/mol. The van der Waals surface area contributed by atoms with Crippen molar-refractivity contribution in [1.29, 1.82) is 0 Å². The molecule has 0 unspecified atom stereocenters. The van der Waals surface area contributed by atoms with Crippen LogP contribution >= 0.6 is 11.3 Å². The average Bonchev–Trinajstić information content (AvgIpc) is 3.09. The van der Waals surface area contributed by atoms with Gasteiger partial charge in [-0.2, -0.15) is 18.3 Å². The number of alkyl halides is 3. The third-order valence-corrected chi connectivity index (χ3v) is 5.59. The average molecular weight is 416 g/mol. The lowest BCUT2D eigenvalue weighted by molar-refractivity contribution is -0.142. The van der Waals surface area contributed by atoms with Gasteiger partial charge in [0, 0.05) is 24.2 Å². The summed E-state index contributed by atoms with van der Waals surface area (Å²) in [5, 5.41) is 4.66. The second kappa shape index (κ2) is 7.04. The minimum atomic E-state index is -4.51. The molecule has 27 heavy (non-hydrogen) atoms. The summed E-state index contributed by atoms with van der Waals surface area (Å²) in [5.41, 5.74) is 1.63. The molecule has 144 valence electrons. The molecule has 0 aliphatic rings. The van der Waals surface area contributed by atoms with Gasteiger partial charge in [0.25, 0.3) is 0 Å². The molecule has 3 aromatic rings. The fourth-order valence-corrected chi connectivity index (χ4v) is 4.29. The molecule has 0 amide bonds. The van der Waals surface area contributed by atoms with Gasteiger partial charge in [-0.25, -0.2) is 13.4 Å². The summed E-state index contributed by atoms with van der Waals surface area (Å²) >= 11 is 1.27. The first-order valence-corrected chi connectivity index (χ1v) is 10.6. The molecule has 0 N–H and O–H groups in total. The highest BCUT2D eigenvalue weighted by Gasteiger charge is 2.31. The zero-order chi connectivity index (χ0) is 19.8. The first-order chi connectivity index (χ1) is 12.5. The van der Waals surface area contributed by atoms with Crippen molar-refractivity contribution in [1.82, 2.24) is 19.7 Å². The van der Waals surface area contributed by atoms with Crippen LogP contribution in [0.3, 0.4) is 0 Å². The Morgan fingerprint density at radius 3 is 2.63 bits per heavy atom. The van der Waals surface area contributed by atoms with Crippen LogP contribution in [-0.4, -0.2) is 40.6 Å². The number of aromatic nitrogens is 4. The van der Waals surface area contributed by atoms with Crippen molar-refractivity contribution in [2.24, 2.45) is 0 Å². The Kier molecular flexibility index (Phi) is 5.08. The molecule has 3 rings (SSSR count). The van der Waals surface area contributed by atoms with E-state index in [1.807, 2.05) is 6.07 Å². The summed E-state index contributed by atoms with van der Waals surface area (Å²) in [7, 11) is -3.52. The van der Waals surface area contributed by atoms with Gasteiger partial charge in [0.2, 0.25) is 0 Å². The molecule has 0 bridgehead atoms. The van der Waals surface area contributed by atoms with E-state index < -0.39 is 28.3 Å². The smallest absolute Gasteiger partial charge is 0.264 e. The van der Waals surface area contributed by atoms with Crippen LogP contribution < -0.4 is 0 Å². The van der Waals surface area contributed by atoms with Gasteiger partial charge < -0.3 is 0 Å². The number of hydrogen-bond acceptors (Lipinski definition) is 6. The Morgan fingerprint density at radius 2 is 2.04 bits per heavy atom. The fourth-order valence-electron chi connectivity index (χ4n) is 2.50. The van der Waals surface area contributed by atoms with Crippen LogP contribution in [0.2, 0.25) is 0 Å². The number of halogens is 3. The van der Waals surface area contributed by atoms with Crippen molar-refractivity contribution in [2.45, 2.75) is 25.4 Å². The predicted octanol–water partition coefficient (Wildman–Crippen LogP) is 3.48. The molecule has 0 aromatic carbocycles. The van der Waals surface area contributed by atoms with Crippen molar-refractivity contribution in [3.05, 3.63) is 42.0 Å². The van der Waals surface area contributed by atoms with Crippen LogP contribution in [0, 0.1) is 6.92 Å². The zero-order valence-corrected chi connectivity index (χ0v) is 16.0. The van der Waals surface area contributed by atoms with Crippen LogP contribution in [0.15, 0.2) is 30.6 Å². The molecule has 0 saturated carbocycles. The highest BCUT2D eigenvalue weighted by Crippen LogP contribution is 2.35. The molecule has 6 nitrogen and oxygen atoms in total. The Labute approximate surface area is 157 Å². The van der Waals surface area contributed by atoms with E-state index in [4.69, 9.17) is 0 Å². The number of aryl methyl sites for hydroxylation is 1. The normalized spacial score (nSPS) is 12.5. The van der Waals surface area contributed by atoms with Crippen molar-refractivity contribution >= 4 is 21.2 Å². The largest absolute Gasteiger partial charge is 0.408 e. The van der Waals surface area contributed by atoms with Gasteiger partial charge in [0.15, 0.2) is 9.84 Å². The minimum absolute atomic E-state index is 0.0134. The van der Waals surface area contributed by atoms with Crippen LogP contribution in [-0.2, 0) is 22.1 Å². The maximum atomic E-state index is 12.8. The molecule has 0 radical (unpaired) electrons. The first-order valence-electron chi connectivity index (χ1n) is 7.71. The summed E-state index contributed by atoms with van der Waals surface area (Å²) in [4.78, 5) is 9.05. The van der Waals surface area contributed by atoms with Gasteiger partial charge in [-0.1, -0.05) is 0 Å². The summed E-state index contributed by atoms with van der Waals surface area (Å²) in [5.74, 6) is -0.524. The van der Waals surface area contributed by atoms with Crippen LogP contribution in [0.5, 0.6) is 0 Å². The van der Waals surface area contributed by atoms with Gasteiger partial charge in [0.1, 0.15) is 17.2 Å². The number of rotatable bonds is 5. The Hall–Kier alpha value is -2.27. The quantitative estimate of drug-likeness (QED) is 0.636. The monoisotopic (exact) mass is 416 g/mol. The first kappa shape index (κ1) is 19.5. The van der Waals surface area contributed by atoms with E-state index in [0.29, 0.717) is 20.3 Å². The summed E-state index contributed by atoms with van der Waals surface area (Å²) < 4.78 is 62.4.